The number of nitrogens with one attached hydrogen (secondary N) is 2. The summed E-state index contributed by atoms with van der Waals surface area (Å²) in [5.41, 5.74) is 5.63. The number of amides is 2. The number of hydrogen-bond donors (Lipinski definition) is 2. The van der Waals surface area contributed by atoms with Gasteiger partial charge in [-0.05, 0) is 48.2 Å². The number of hydrogen-bond acceptors (Lipinski definition) is 4. The van der Waals surface area contributed by atoms with Gasteiger partial charge in [0, 0.05) is 5.56 Å². The van der Waals surface area contributed by atoms with Crippen molar-refractivity contribution < 1.29 is 19.1 Å². The molecule has 2 rings (SSSR count). The lowest BCUT2D eigenvalue weighted by atomic mass is 10.2. The van der Waals surface area contributed by atoms with E-state index in [1.165, 1.54) is 0 Å². The van der Waals surface area contributed by atoms with Crippen LogP contribution in [-0.4, -0.2) is 25.0 Å². The van der Waals surface area contributed by atoms with E-state index in [9.17, 15) is 9.59 Å². The number of para-hydroxylation sites is 1. The molecule has 28 heavy (non-hydrogen) atoms. The smallest absolute Gasteiger partial charge is 0.273 e. The number of carbonyl (C=O) groups is 2. The Labute approximate surface area is 166 Å². The Bertz CT molecular complexity index is 785. The zero-order valence-corrected chi connectivity index (χ0v) is 16.8. The molecule has 0 bridgehead atoms. The first kappa shape index (κ1) is 21.3. The molecule has 0 saturated carbocycles. The van der Waals surface area contributed by atoms with Crippen molar-refractivity contribution in [3.8, 4) is 11.5 Å². The number of hydrazine groups is 1. The van der Waals surface area contributed by atoms with Crippen LogP contribution in [0.4, 0.5) is 0 Å². The topological polar surface area (TPSA) is 76.7 Å². The molecule has 0 fully saturated rings. The summed E-state index contributed by atoms with van der Waals surface area (Å²) in [6.45, 7) is 9.30. The van der Waals surface area contributed by atoms with Crippen molar-refractivity contribution in [2.75, 3.05) is 13.2 Å². The third kappa shape index (κ3) is 6.61. The Hall–Kier alpha value is -3.02. The quantitative estimate of drug-likeness (QED) is 0.678. The highest BCUT2D eigenvalue weighted by Gasteiger charge is 2.14. The second kappa shape index (κ2) is 10.3. The molecule has 2 amide bonds. The molecule has 0 aliphatic carbocycles. The minimum absolute atomic E-state index is 0.336. The van der Waals surface area contributed by atoms with Crippen molar-refractivity contribution in [3.05, 3.63) is 59.7 Å². The monoisotopic (exact) mass is 384 g/mol. The Morgan fingerprint density at radius 3 is 2.00 bits per heavy atom. The lowest BCUT2D eigenvalue weighted by Crippen LogP contribution is -2.41. The second-order valence-corrected chi connectivity index (χ2v) is 7.34. The third-order valence-electron chi connectivity index (χ3n) is 3.69. The van der Waals surface area contributed by atoms with Crippen LogP contribution in [0.15, 0.2) is 48.5 Å². The molecule has 0 aliphatic rings. The molecule has 0 aliphatic heterocycles. The molecular formula is C22H28N2O4. The molecule has 0 unspecified atom stereocenters. The first-order valence-corrected chi connectivity index (χ1v) is 9.42. The maximum Gasteiger partial charge on any atom is 0.273 e. The zero-order chi connectivity index (χ0) is 20.5. The Morgan fingerprint density at radius 1 is 0.786 bits per heavy atom. The van der Waals surface area contributed by atoms with Crippen LogP contribution in [0.3, 0.4) is 0 Å². The maximum atomic E-state index is 12.4. The molecule has 150 valence electrons. The van der Waals surface area contributed by atoms with Crippen LogP contribution in [0.25, 0.3) is 0 Å². The van der Waals surface area contributed by atoms with Crippen molar-refractivity contribution >= 4 is 11.8 Å². The van der Waals surface area contributed by atoms with Crippen molar-refractivity contribution in [2.45, 2.75) is 27.7 Å². The minimum Gasteiger partial charge on any atom is -0.493 e. The second-order valence-electron chi connectivity index (χ2n) is 7.34. The van der Waals surface area contributed by atoms with E-state index in [0.29, 0.717) is 47.7 Å². The molecule has 0 spiro atoms. The molecule has 0 radical (unpaired) electrons. The van der Waals surface area contributed by atoms with E-state index in [1.807, 2.05) is 13.8 Å². The van der Waals surface area contributed by atoms with E-state index in [-0.39, 0.29) is 0 Å². The van der Waals surface area contributed by atoms with Crippen LogP contribution in [-0.2, 0) is 0 Å². The number of benzene rings is 2. The van der Waals surface area contributed by atoms with Gasteiger partial charge in [0.05, 0.1) is 18.8 Å². The largest absolute Gasteiger partial charge is 0.493 e. The van der Waals surface area contributed by atoms with E-state index in [2.05, 4.69) is 24.7 Å². The van der Waals surface area contributed by atoms with Crippen LogP contribution in [0.1, 0.15) is 48.4 Å². The van der Waals surface area contributed by atoms with Gasteiger partial charge in [0.2, 0.25) is 0 Å². The summed E-state index contributed by atoms with van der Waals surface area (Å²) >= 11 is 0. The van der Waals surface area contributed by atoms with Crippen molar-refractivity contribution in [3.63, 3.8) is 0 Å². The summed E-state index contributed by atoms with van der Waals surface area (Å²) in [5, 5.41) is 0. The molecule has 2 N–H and O–H groups in total. The van der Waals surface area contributed by atoms with Gasteiger partial charge in [0.1, 0.15) is 11.5 Å². The van der Waals surface area contributed by atoms with Crippen molar-refractivity contribution in [2.24, 2.45) is 11.8 Å². The van der Waals surface area contributed by atoms with E-state index in [4.69, 9.17) is 9.47 Å². The van der Waals surface area contributed by atoms with Crippen LogP contribution in [0.5, 0.6) is 11.5 Å². The lowest BCUT2D eigenvalue weighted by molar-refractivity contribution is 0.0844. The summed E-state index contributed by atoms with van der Waals surface area (Å²) in [6.07, 6.45) is 0. The first-order valence-electron chi connectivity index (χ1n) is 9.42. The molecule has 2 aromatic carbocycles. The standard InChI is InChI=1S/C22H28N2O4/c1-15(2)13-27-18-11-9-17(10-12-18)21(25)23-24-22(26)19-7-5-6-8-20(19)28-14-16(3)4/h5-12,15-16H,13-14H2,1-4H3,(H,23,25)(H,24,26). The van der Waals surface area contributed by atoms with E-state index < -0.39 is 11.8 Å². The first-order chi connectivity index (χ1) is 13.4. The summed E-state index contributed by atoms with van der Waals surface area (Å²) in [6, 6.07) is 13.7. The molecule has 0 atom stereocenters. The molecule has 0 heterocycles. The normalized spacial score (nSPS) is 10.6. The fourth-order valence-electron chi connectivity index (χ4n) is 2.25. The molecule has 6 heteroatoms. The van der Waals surface area contributed by atoms with Gasteiger partial charge >= 0.3 is 0 Å². The average Bonchev–Trinajstić information content (AvgIpc) is 2.69. The predicted molar refractivity (Wildman–Crippen MR) is 108 cm³/mol. The van der Waals surface area contributed by atoms with Gasteiger partial charge in [-0.25, -0.2) is 0 Å². The summed E-state index contributed by atoms with van der Waals surface area (Å²) in [5.74, 6) is 1.09. The fourth-order valence-corrected chi connectivity index (χ4v) is 2.25. The highest BCUT2D eigenvalue weighted by atomic mass is 16.5. The van der Waals surface area contributed by atoms with Gasteiger partial charge in [-0.15, -0.1) is 0 Å². The Balaban J connectivity index is 1.93. The van der Waals surface area contributed by atoms with Crippen LogP contribution < -0.4 is 20.3 Å². The van der Waals surface area contributed by atoms with Gasteiger partial charge in [0.15, 0.2) is 0 Å². The van der Waals surface area contributed by atoms with Gasteiger partial charge in [-0.2, -0.15) is 0 Å². The van der Waals surface area contributed by atoms with Gasteiger partial charge < -0.3 is 9.47 Å². The maximum absolute atomic E-state index is 12.4. The summed E-state index contributed by atoms with van der Waals surface area (Å²) < 4.78 is 11.3. The molecule has 0 saturated heterocycles. The lowest BCUT2D eigenvalue weighted by Gasteiger charge is -2.13. The highest BCUT2D eigenvalue weighted by molar-refractivity contribution is 6.00. The van der Waals surface area contributed by atoms with Crippen molar-refractivity contribution in [1.29, 1.82) is 0 Å². The fraction of sp³-hybridized carbons (Fsp3) is 0.364. The predicted octanol–water partition coefficient (Wildman–Crippen LogP) is 3.83. The average molecular weight is 384 g/mol. The SMILES string of the molecule is CC(C)COc1ccc(C(=O)NNC(=O)c2ccccc2OCC(C)C)cc1. The minimum atomic E-state index is -0.440. The highest BCUT2D eigenvalue weighted by Crippen LogP contribution is 2.18. The van der Waals surface area contributed by atoms with Gasteiger partial charge in [-0.3, -0.25) is 20.4 Å². The van der Waals surface area contributed by atoms with Gasteiger partial charge in [-0.1, -0.05) is 39.8 Å². The molecule has 0 aromatic heterocycles. The van der Waals surface area contributed by atoms with Gasteiger partial charge in [0.25, 0.3) is 11.8 Å². The van der Waals surface area contributed by atoms with E-state index >= 15 is 0 Å². The Morgan fingerprint density at radius 2 is 1.36 bits per heavy atom. The molecular weight excluding hydrogens is 356 g/mol. The zero-order valence-electron chi connectivity index (χ0n) is 16.8. The molecule has 6 nitrogen and oxygen atoms in total. The number of carbonyl (C=O) groups excluding carboxylic acids is 2. The summed E-state index contributed by atoms with van der Waals surface area (Å²) in [4.78, 5) is 24.7. The number of ether oxygens (including phenoxy) is 2. The van der Waals surface area contributed by atoms with E-state index in [1.54, 1.807) is 48.5 Å². The number of rotatable bonds is 8. The van der Waals surface area contributed by atoms with Crippen LogP contribution in [0, 0.1) is 11.8 Å². The molecule has 2 aromatic rings. The van der Waals surface area contributed by atoms with Crippen LogP contribution >= 0.6 is 0 Å². The Kier molecular flexibility index (Phi) is 7.87. The summed E-state index contributed by atoms with van der Waals surface area (Å²) in [7, 11) is 0. The van der Waals surface area contributed by atoms with Crippen LogP contribution in [0.2, 0.25) is 0 Å². The van der Waals surface area contributed by atoms with Crippen molar-refractivity contribution in [1.82, 2.24) is 10.9 Å². The van der Waals surface area contributed by atoms with E-state index in [0.717, 1.165) is 0 Å². The third-order valence-corrected chi connectivity index (χ3v) is 3.69.